The number of rotatable bonds is 2. The molecule has 3 N–H and O–H groups in total. The minimum absolute atomic E-state index is 0.264. The average molecular weight is 268 g/mol. The summed E-state index contributed by atoms with van der Waals surface area (Å²) in [4.78, 5) is 10.6. The predicted octanol–water partition coefficient (Wildman–Crippen LogP) is 1.75. The molecule has 18 heavy (non-hydrogen) atoms. The Morgan fingerprint density at radius 1 is 1.39 bits per heavy atom. The molecule has 2 aliphatic heterocycles. The summed E-state index contributed by atoms with van der Waals surface area (Å²) >= 11 is 6.07. The third-order valence-electron chi connectivity index (χ3n) is 3.92. The monoisotopic (exact) mass is 267 g/mol. The molecule has 2 unspecified atom stereocenters. The van der Waals surface area contributed by atoms with Gasteiger partial charge in [-0.3, -0.25) is 0 Å². The molecular formula is C12H18ClN5. The molecule has 0 amide bonds. The van der Waals surface area contributed by atoms with Gasteiger partial charge in [-0.25, -0.2) is 4.98 Å². The van der Waals surface area contributed by atoms with Crippen LogP contribution in [0, 0.1) is 0 Å². The summed E-state index contributed by atoms with van der Waals surface area (Å²) in [7, 11) is 0. The summed E-state index contributed by atoms with van der Waals surface area (Å²) in [5.41, 5.74) is 5.59. The van der Waals surface area contributed by atoms with Crippen LogP contribution in [0.5, 0.6) is 0 Å². The zero-order chi connectivity index (χ0) is 12.5. The van der Waals surface area contributed by atoms with Crippen LogP contribution < -0.4 is 11.1 Å². The Kier molecular flexibility index (Phi) is 3.26. The van der Waals surface area contributed by atoms with Gasteiger partial charge in [0.05, 0.1) is 6.20 Å². The van der Waals surface area contributed by atoms with Gasteiger partial charge in [0.25, 0.3) is 0 Å². The summed E-state index contributed by atoms with van der Waals surface area (Å²) in [6, 6.07) is 1.17. The molecule has 3 rings (SSSR count). The van der Waals surface area contributed by atoms with Crippen LogP contribution in [-0.4, -0.2) is 40.0 Å². The summed E-state index contributed by atoms with van der Waals surface area (Å²) in [5.74, 6) is 0.931. The van der Waals surface area contributed by atoms with E-state index >= 15 is 0 Å². The van der Waals surface area contributed by atoms with Crippen molar-refractivity contribution in [2.45, 2.75) is 37.8 Å². The lowest BCUT2D eigenvalue weighted by atomic mass is 9.97. The van der Waals surface area contributed by atoms with Gasteiger partial charge >= 0.3 is 0 Å². The van der Waals surface area contributed by atoms with Gasteiger partial charge in [-0.2, -0.15) is 4.98 Å². The number of piperidine rings is 1. The number of hydrogen-bond acceptors (Lipinski definition) is 5. The van der Waals surface area contributed by atoms with Crippen LogP contribution in [0.4, 0.5) is 11.8 Å². The number of nitrogens with two attached hydrogens (primary N) is 1. The Hall–Kier alpha value is -1.07. The first-order chi connectivity index (χ1) is 8.72. The van der Waals surface area contributed by atoms with Gasteiger partial charge in [0, 0.05) is 18.6 Å². The molecule has 0 spiro atoms. The molecule has 0 saturated carbocycles. The van der Waals surface area contributed by atoms with Gasteiger partial charge in [0.15, 0.2) is 5.82 Å². The normalized spacial score (nSPS) is 28.1. The van der Waals surface area contributed by atoms with Crippen molar-refractivity contribution in [3.05, 3.63) is 11.2 Å². The Labute approximate surface area is 112 Å². The van der Waals surface area contributed by atoms with Gasteiger partial charge in [0.1, 0.15) is 5.02 Å². The minimum atomic E-state index is 0.264. The second-order valence-electron chi connectivity index (χ2n) is 5.12. The largest absolute Gasteiger partial charge is 0.368 e. The van der Waals surface area contributed by atoms with Crippen molar-refractivity contribution < 1.29 is 0 Å². The molecule has 0 aliphatic carbocycles. The van der Waals surface area contributed by atoms with Crippen molar-refractivity contribution in [1.82, 2.24) is 14.9 Å². The highest BCUT2D eigenvalue weighted by molar-refractivity contribution is 6.32. The van der Waals surface area contributed by atoms with Gasteiger partial charge in [-0.15, -0.1) is 0 Å². The minimum Gasteiger partial charge on any atom is -0.368 e. The molecule has 2 atom stereocenters. The Morgan fingerprint density at radius 2 is 2.28 bits per heavy atom. The summed E-state index contributed by atoms with van der Waals surface area (Å²) in [5, 5.41) is 3.95. The third kappa shape index (κ3) is 2.37. The second-order valence-corrected chi connectivity index (χ2v) is 5.53. The maximum Gasteiger partial charge on any atom is 0.222 e. The van der Waals surface area contributed by atoms with Crippen LogP contribution in [-0.2, 0) is 0 Å². The van der Waals surface area contributed by atoms with E-state index < -0.39 is 0 Å². The Morgan fingerprint density at radius 3 is 3.17 bits per heavy atom. The van der Waals surface area contributed by atoms with Crippen molar-refractivity contribution in [2.75, 3.05) is 24.1 Å². The number of aromatic nitrogens is 2. The molecule has 0 bridgehead atoms. The van der Waals surface area contributed by atoms with E-state index in [1.807, 2.05) is 0 Å². The number of nitrogen functional groups attached to an aromatic ring is 1. The smallest absolute Gasteiger partial charge is 0.222 e. The molecule has 0 aromatic carbocycles. The molecule has 1 aromatic rings. The molecule has 0 radical (unpaired) electrons. The highest BCUT2D eigenvalue weighted by Gasteiger charge is 2.31. The van der Waals surface area contributed by atoms with Crippen molar-refractivity contribution in [2.24, 2.45) is 0 Å². The zero-order valence-corrected chi connectivity index (χ0v) is 11.0. The average Bonchev–Trinajstić information content (AvgIpc) is 2.81. The van der Waals surface area contributed by atoms with Gasteiger partial charge in [-0.1, -0.05) is 11.6 Å². The number of hydrogen-bond donors (Lipinski definition) is 2. The topological polar surface area (TPSA) is 67.1 Å². The molecule has 2 fully saturated rings. The van der Waals surface area contributed by atoms with Gasteiger partial charge in [-0.05, 0) is 32.2 Å². The predicted molar refractivity (Wildman–Crippen MR) is 72.7 cm³/mol. The number of nitrogens with zero attached hydrogens (tertiary/aromatic N) is 3. The van der Waals surface area contributed by atoms with Crippen molar-refractivity contribution in [1.29, 1.82) is 0 Å². The van der Waals surface area contributed by atoms with Crippen LogP contribution in [0.15, 0.2) is 6.20 Å². The summed E-state index contributed by atoms with van der Waals surface area (Å²) in [6.45, 7) is 2.43. The maximum absolute atomic E-state index is 6.07. The first kappa shape index (κ1) is 12.0. The number of nitrogens with one attached hydrogen (secondary N) is 1. The fraction of sp³-hybridized carbons (Fsp3) is 0.667. The molecule has 2 aliphatic rings. The molecular weight excluding hydrogens is 250 g/mol. The number of halogens is 1. The maximum atomic E-state index is 6.07. The first-order valence-electron chi connectivity index (χ1n) is 6.51. The lowest BCUT2D eigenvalue weighted by Crippen LogP contribution is -2.42. The summed E-state index contributed by atoms with van der Waals surface area (Å²) in [6.07, 6.45) is 6.50. The van der Waals surface area contributed by atoms with Gasteiger partial charge in [0.2, 0.25) is 5.95 Å². The van der Waals surface area contributed by atoms with Crippen LogP contribution in [0.3, 0.4) is 0 Å². The van der Waals surface area contributed by atoms with Crippen LogP contribution in [0.1, 0.15) is 25.7 Å². The van der Waals surface area contributed by atoms with E-state index in [1.165, 1.54) is 32.4 Å². The van der Waals surface area contributed by atoms with E-state index in [0.29, 0.717) is 16.9 Å². The SMILES string of the molecule is Nc1ncc(Cl)c(NC2CCN3CCCC3C2)n1. The fourth-order valence-corrected chi connectivity index (χ4v) is 3.18. The highest BCUT2D eigenvalue weighted by atomic mass is 35.5. The molecule has 1 aromatic heterocycles. The Bertz CT molecular complexity index is 438. The standard InChI is InChI=1S/C12H18ClN5/c13-10-7-15-12(14)17-11(10)16-8-3-5-18-4-1-2-9(18)6-8/h7-9H,1-6H2,(H3,14,15,16,17). The van der Waals surface area contributed by atoms with Crippen LogP contribution >= 0.6 is 11.6 Å². The molecule has 3 heterocycles. The molecule has 6 heteroatoms. The lowest BCUT2D eigenvalue weighted by molar-refractivity contribution is 0.188. The highest BCUT2D eigenvalue weighted by Crippen LogP contribution is 2.29. The van der Waals surface area contributed by atoms with E-state index in [2.05, 4.69) is 20.2 Å². The quantitative estimate of drug-likeness (QED) is 0.855. The lowest BCUT2D eigenvalue weighted by Gasteiger charge is -2.35. The van der Waals surface area contributed by atoms with E-state index in [4.69, 9.17) is 17.3 Å². The van der Waals surface area contributed by atoms with Crippen LogP contribution in [0.25, 0.3) is 0 Å². The molecule has 5 nitrogen and oxygen atoms in total. The van der Waals surface area contributed by atoms with E-state index in [1.54, 1.807) is 6.20 Å². The van der Waals surface area contributed by atoms with Crippen LogP contribution in [0.2, 0.25) is 5.02 Å². The first-order valence-corrected chi connectivity index (χ1v) is 6.89. The van der Waals surface area contributed by atoms with Crippen molar-refractivity contribution in [3.8, 4) is 0 Å². The molecule has 2 saturated heterocycles. The van der Waals surface area contributed by atoms with E-state index in [-0.39, 0.29) is 5.95 Å². The second kappa shape index (κ2) is 4.90. The third-order valence-corrected chi connectivity index (χ3v) is 4.20. The van der Waals surface area contributed by atoms with Crippen molar-refractivity contribution >= 4 is 23.4 Å². The Balaban J connectivity index is 1.67. The van der Waals surface area contributed by atoms with E-state index in [9.17, 15) is 0 Å². The van der Waals surface area contributed by atoms with Gasteiger partial charge < -0.3 is 16.0 Å². The molecule has 98 valence electrons. The number of anilines is 2. The fourth-order valence-electron chi connectivity index (χ4n) is 3.03. The number of fused-ring (bicyclic) bond motifs is 1. The van der Waals surface area contributed by atoms with E-state index in [0.717, 1.165) is 12.5 Å². The summed E-state index contributed by atoms with van der Waals surface area (Å²) < 4.78 is 0. The zero-order valence-electron chi connectivity index (χ0n) is 10.3. The van der Waals surface area contributed by atoms with Crippen molar-refractivity contribution in [3.63, 3.8) is 0 Å².